The molecule has 0 bridgehead atoms. The van der Waals surface area contributed by atoms with Crippen molar-refractivity contribution in [3.05, 3.63) is 35.6 Å². The van der Waals surface area contributed by atoms with Crippen molar-refractivity contribution in [3.8, 4) is 0 Å². The Morgan fingerprint density at radius 1 is 1.18 bits per heavy atom. The zero-order chi connectivity index (χ0) is 12.4. The van der Waals surface area contributed by atoms with Crippen LogP contribution in [0.4, 0.5) is 27.7 Å². The monoisotopic (exact) mass is 233 g/mol. The molecule has 2 aromatic rings. The number of aryl methyl sites for hydroxylation is 1. The van der Waals surface area contributed by atoms with E-state index in [1.165, 1.54) is 6.07 Å². The van der Waals surface area contributed by atoms with Crippen molar-refractivity contribution < 1.29 is 4.39 Å². The fourth-order valence-electron chi connectivity index (χ4n) is 1.42. The lowest BCUT2D eigenvalue weighted by molar-refractivity contribution is 0.619. The third-order valence-corrected chi connectivity index (χ3v) is 2.19. The Balaban J connectivity index is 2.28. The molecule has 0 aliphatic rings. The molecule has 0 spiro atoms. The predicted octanol–water partition coefficient (Wildman–Crippen LogP) is 1.83. The molecule has 6 heteroatoms. The van der Waals surface area contributed by atoms with E-state index in [1.54, 1.807) is 25.1 Å². The Morgan fingerprint density at radius 3 is 2.59 bits per heavy atom. The molecule has 5 N–H and O–H groups in total. The SMILES string of the molecule is Cc1cc(Nc2cc(N)nc(N)n2)ccc1F. The number of hydrogen-bond donors (Lipinski definition) is 3. The topological polar surface area (TPSA) is 89.8 Å². The van der Waals surface area contributed by atoms with Crippen LogP contribution in [-0.4, -0.2) is 9.97 Å². The van der Waals surface area contributed by atoms with Crippen LogP contribution in [0.25, 0.3) is 0 Å². The van der Waals surface area contributed by atoms with Gasteiger partial charge in [-0.05, 0) is 30.7 Å². The molecular weight excluding hydrogens is 221 g/mol. The number of rotatable bonds is 2. The summed E-state index contributed by atoms with van der Waals surface area (Å²) in [5.74, 6) is 0.587. The van der Waals surface area contributed by atoms with Gasteiger partial charge in [-0.3, -0.25) is 0 Å². The Bertz CT molecular complexity index is 535. The highest BCUT2D eigenvalue weighted by molar-refractivity contribution is 5.60. The fourth-order valence-corrected chi connectivity index (χ4v) is 1.42. The lowest BCUT2D eigenvalue weighted by Crippen LogP contribution is -2.03. The summed E-state index contributed by atoms with van der Waals surface area (Å²) in [6, 6.07) is 6.21. The molecule has 0 saturated heterocycles. The van der Waals surface area contributed by atoms with E-state index in [0.717, 1.165) is 0 Å². The van der Waals surface area contributed by atoms with E-state index in [-0.39, 0.29) is 17.6 Å². The molecule has 5 nitrogen and oxygen atoms in total. The molecule has 0 aliphatic heterocycles. The molecule has 17 heavy (non-hydrogen) atoms. The number of nitrogens with zero attached hydrogens (tertiary/aromatic N) is 2. The molecule has 0 fully saturated rings. The summed E-state index contributed by atoms with van der Waals surface area (Å²) >= 11 is 0. The highest BCUT2D eigenvalue weighted by Crippen LogP contribution is 2.19. The van der Waals surface area contributed by atoms with Gasteiger partial charge in [0, 0.05) is 11.8 Å². The highest BCUT2D eigenvalue weighted by Gasteiger charge is 2.02. The first kappa shape index (κ1) is 11.1. The minimum absolute atomic E-state index is 0.0892. The van der Waals surface area contributed by atoms with Gasteiger partial charge in [0.15, 0.2) is 0 Å². The quantitative estimate of drug-likeness (QED) is 0.736. The van der Waals surface area contributed by atoms with Crippen molar-refractivity contribution in [1.29, 1.82) is 0 Å². The van der Waals surface area contributed by atoms with E-state index in [9.17, 15) is 4.39 Å². The standard InChI is InChI=1S/C11H12FN5/c1-6-4-7(2-3-8(6)12)15-10-5-9(13)16-11(14)17-10/h2-5H,1H3,(H5,13,14,15,16,17). The molecule has 1 aromatic heterocycles. The van der Waals surface area contributed by atoms with Crippen LogP contribution in [-0.2, 0) is 0 Å². The van der Waals surface area contributed by atoms with Gasteiger partial charge in [0.1, 0.15) is 17.5 Å². The summed E-state index contributed by atoms with van der Waals surface area (Å²) in [6.45, 7) is 1.68. The Kier molecular flexibility index (Phi) is 2.78. The van der Waals surface area contributed by atoms with E-state index >= 15 is 0 Å². The van der Waals surface area contributed by atoms with Crippen molar-refractivity contribution >= 4 is 23.3 Å². The Morgan fingerprint density at radius 2 is 1.94 bits per heavy atom. The second-order valence-corrected chi connectivity index (χ2v) is 3.63. The summed E-state index contributed by atoms with van der Waals surface area (Å²) in [5, 5.41) is 2.98. The minimum Gasteiger partial charge on any atom is -0.383 e. The van der Waals surface area contributed by atoms with Gasteiger partial charge < -0.3 is 16.8 Å². The molecule has 1 heterocycles. The average molecular weight is 233 g/mol. The molecule has 0 aliphatic carbocycles. The maximum Gasteiger partial charge on any atom is 0.223 e. The first-order valence-electron chi connectivity index (χ1n) is 4.98. The number of anilines is 4. The van der Waals surface area contributed by atoms with Crippen molar-refractivity contribution in [1.82, 2.24) is 9.97 Å². The first-order valence-corrected chi connectivity index (χ1v) is 4.98. The molecular formula is C11H12FN5. The molecule has 1 aromatic carbocycles. The van der Waals surface area contributed by atoms with Gasteiger partial charge in [0.25, 0.3) is 0 Å². The highest BCUT2D eigenvalue weighted by atomic mass is 19.1. The lowest BCUT2D eigenvalue weighted by atomic mass is 10.2. The van der Waals surface area contributed by atoms with Gasteiger partial charge in [-0.25, -0.2) is 4.39 Å². The second kappa shape index (κ2) is 4.25. The van der Waals surface area contributed by atoms with Gasteiger partial charge in [0.2, 0.25) is 5.95 Å². The number of halogens is 1. The van der Waals surface area contributed by atoms with E-state index < -0.39 is 0 Å². The number of nitrogens with one attached hydrogen (secondary N) is 1. The van der Waals surface area contributed by atoms with Crippen LogP contribution >= 0.6 is 0 Å². The average Bonchev–Trinajstić information content (AvgIpc) is 2.22. The predicted molar refractivity (Wildman–Crippen MR) is 65.3 cm³/mol. The van der Waals surface area contributed by atoms with Gasteiger partial charge in [-0.1, -0.05) is 0 Å². The van der Waals surface area contributed by atoms with Gasteiger partial charge >= 0.3 is 0 Å². The molecule has 0 amide bonds. The minimum atomic E-state index is -0.253. The maximum atomic E-state index is 13.1. The summed E-state index contributed by atoms with van der Waals surface area (Å²) in [4.78, 5) is 7.72. The maximum absolute atomic E-state index is 13.1. The van der Waals surface area contributed by atoms with E-state index in [0.29, 0.717) is 17.1 Å². The van der Waals surface area contributed by atoms with Crippen molar-refractivity contribution in [2.45, 2.75) is 6.92 Å². The summed E-state index contributed by atoms with van der Waals surface area (Å²) in [5.41, 5.74) is 12.3. The molecule has 0 radical (unpaired) electrons. The second-order valence-electron chi connectivity index (χ2n) is 3.63. The van der Waals surface area contributed by atoms with Crippen LogP contribution in [0.5, 0.6) is 0 Å². The third-order valence-electron chi connectivity index (χ3n) is 2.19. The first-order chi connectivity index (χ1) is 8.04. The van der Waals surface area contributed by atoms with Crippen LogP contribution in [0.3, 0.4) is 0 Å². The number of nitrogens with two attached hydrogens (primary N) is 2. The van der Waals surface area contributed by atoms with Crippen molar-refractivity contribution in [2.24, 2.45) is 0 Å². The van der Waals surface area contributed by atoms with Crippen molar-refractivity contribution in [3.63, 3.8) is 0 Å². The lowest BCUT2D eigenvalue weighted by Gasteiger charge is -2.07. The summed E-state index contributed by atoms with van der Waals surface area (Å²) in [6.07, 6.45) is 0. The molecule has 0 atom stereocenters. The van der Waals surface area contributed by atoms with Crippen LogP contribution in [0, 0.1) is 12.7 Å². The zero-order valence-corrected chi connectivity index (χ0v) is 9.24. The zero-order valence-electron chi connectivity index (χ0n) is 9.24. The summed E-state index contributed by atoms with van der Waals surface area (Å²) < 4.78 is 13.1. The van der Waals surface area contributed by atoms with Crippen LogP contribution in [0.2, 0.25) is 0 Å². The summed E-state index contributed by atoms with van der Waals surface area (Å²) in [7, 11) is 0. The van der Waals surface area contributed by atoms with E-state index in [2.05, 4.69) is 15.3 Å². The van der Waals surface area contributed by atoms with Gasteiger partial charge in [-0.2, -0.15) is 9.97 Å². The number of benzene rings is 1. The fraction of sp³-hybridized carbons (Fsp3) is 0.0909. The van der Waals surface area contributed by atoms with Crippen molar-refractivity contribution in [2.75, 3.05) is 16.8 Å². The molecule has 0 unspecified atom stereocenters. The van der Waals surface area contributed by atoms with Gasteiger partial charge in [-0.15, -0.1) is 0 Å². The molecule has 2 rings (SSSR count). The van der Waals surface area contributed by atoms with E-state index in [4.69, 9.17) is 11.5 Å². The van der Waals surface area contributed by atoms with Crippen LogP contribution < -0.4 is 16.8 Å². The Hall–Kier alpha value is -2.37. The largest absolute Gasteiger partial charge is 0.383 e. The van der Waals surface area contributed by atoms with Crippen LogP contribution in [0.15, 0.2) is 24.3 Å². The number of aromatic nitrogens is 2. The number of hydrogen-bond acceptors (Lipinski definition) is 5. The number of nitrogen functional groups attached to an aromatic ring is 2. The molecule has 88 valence electrons. The van der Waals surface area contributed by atoms with Gasteiger partial charge in [0.05, 0.1) is 0 Å². The normalized spacial score (nSPS) is 10.2. The van der Waals surface area contributed by atoms with Crippen LogP contribution in [0.1, 0.15) is 5.56 Å². The van der Waals surface area contributed by atoms with E-state index in [1.807, 2.05) is 0 Å². The Labute approximate surface area is 97.7 Å². The molecule has 0 saturated carbocycles. The third kappa shape index (κ3) is 2.60. The smallest absolute Gasteiger partial charge is 0.223 e.